The van der Waals surface area contributed by atoms with Crippen molar-refractivity contribution < 1.29 is 4.79 Å². The predicted octanol–water partition coefficient (Wildman–Crippen LogP) is 2.90. The standard InChI is InChI=1S/C24H28N8O/c1-14-6-7-16(21(25)33)12-20(14)29-24-31-22(27-17-10-11-26-13-17)30-23(32-24)28-19-9-8-15-4-2-3-5-18(15)19/h2-7,12,17,19,26H,8-11,13H2,1H3,(H2,25,33)(H3,27,28,29,30,31,32)/t17-,19?/m1/s1. The minimum atomic E-state index is -0.480. The first kappa shape index (κ1) is 21.1. The number of carbonyl (C=O) groups excluding carboxylic acids is 1. The van der Waals surface area contributed by atoms with Crippen LogP contribution in [0.25, 0.3) is 0 Å². The van der Waals surface area contributed by atoms with E-state index in [2.05, 4.69) is 60.5 Å². The summed E-state index contributed by atoms with van der Waals surface area (Å²) in [6.45, 7) is 3.79. The molecule has 1 aliphatic carbocycles. The second kappa shape index (κ2) is 9.03. The maximum Gasteiger partial charge on any atom is 0.248 e. The summed E-state index contributed by atoms with van der Waals surface area (Å²) in [6.07, 6.45) is 3.03. The van der Waals surface area contributed by atoms with E-state index in [9.17, 15) is 4.79 Å². The van der Waals surface area contributed by atoms with Gasteiger partial charge in [0.25, 0.3) is 0 Å². The van der Waals surface area contributed by atoms with Crippen LogP contribution in [-0.2, 0) is 6.42 Å². The molecule has 0 bridgehead atoms. The zero-order valence-corrected chi connectivity index (χ0v) is 18.6. The molecule has 1 saturated heterocycles. The van der Waals surface area contributed by atoms with E-state index in [1.807, 2.05) is 13.0 Å². The molecule has 5 rings (SSSR count). The highest BCUT2D eigenvalue weighted by molar-refractivity contribution is 5.94. The van der Waals surface area contributed by atoms with E-state index < -0.39 is 5.91 Å². The molecule has 1 fully saturated rings. The summed E-state index contributed by atoms with van der Waals surface area (Å²) in [7, 11) is 0. The highest BCUT2D eigenvalue weighted by Crippen LogP contribution is 2.33. The van der Waals surface area contributed by atoms with Gasteiger partial charge in [-0.15, -0.1) is 0 Å². The highest BCUT2D eigenvalue weighted by atomic mass is 16.1. The van der Waals surface area contributed by atoms with Crippen LogP contribution in [0.3, 0.4) is 0 Å². The summed E-state index contributed by atoms with van der Waals surface area (Å²) in [4.78, 5) is 25.5. The summed E-state index contributed by atoms with van der Waals surface area (Å²) < 4.78 is 0. The molecule has 33 heavy (non-hydrogen) atoms. The third kappa shape index (κ3) is 4.73. The number of fused-ring (bicyclic) bond motifs is 1. The summed E-state index contributed by atoms with van der Waals surface area (Å²) in [6, 6.07) is 14.2. The van der Waals surface area contributed by atoms with Crippen molar-refractivity contribution >= 4 is 29.4 Å². The molecule has 1 aromatic heterocycles. The van der Waals surface area contributed by atoms with Crippen LogP contribution in [0.4, 0.5) is 23.5 Å². The molecule has 2 heterocycles. The molecule has 9 nitrogen and oxygen atoms in total. The van der Waals surface area contributed by atoms with Crippen molar-refractivity contribution in [3.05, 3.63) is 64.7 Å². The summed E-state index contributed by atoms with van der Waals surface area (Å²) in [5.41, 5.74) is 10.2. The Hall–Kier alpha value is -3.72. The lowest BCUT2D eigenvalue weighted by molar-refractivity contribution is 0.100. The number of benzene rings is 2. The van der Waals surface area contributed by atoms with E-state index >= 15 is 0 Å². The van der Waals surface area contributed by atoms with Crippen molar-refractivity contribution in [3.8, 4) is 0 Å². The molecular formula is C24H28N8O. The highest BCUT2D eigenvalue weighted by Gasteiger charge is 2.23. The van der Waals surface area contributed by atoms with Crippen molar-refractivity contribution in [1.82, 2.24) is 20.3 Å². The Balaban J connectivity index is 1.44. The van der Waals surface area contributed by atoms with E-state index in [0.717, 1.165) is 43.6 Å². The average Bonchev–Trinajstić information content (AvgIpc) is 3.45. The van der Waals surface area contributed by atoms with Crippen LogP contribution < -0.4 is 27.0 Å². The molecule has 170 valence electrons. The Morgan fingerprint density at radius 2 is 1.82 bits per heavy atom. The number of nitrogens with one attached hydrogen (secondary N) is 4. The van der Waals surface area contributed by atoms with Crippen molar-refractivity contribution in [2.24, 2.45) is 5.73 Å². The number of rotatable bonds is 7. The average molecular weight is 445 g/mol. The number of carbonyl (C=O) groups is 1. The third-order valence-corrected chi connectivity index (χ3v) is 6.23. The molecule has 1 amide bonds. The van der Waals surface area contributed by atoms with Gasteiger partial charge in [-0.2, -0.15) is 15.0 Å². The number of aromatic nitrogens is 3. The van der Waals surface area contributed by atoms with Gasteiger partial charge in [0, 0.05) is 23.8 Å². The first-order valence-electron chi connectivity index (χ1n) is 11.3. The summed E-state index contributed by atoms with van der Waals surface area (Å²) in [5, 5.41) is 13.5. The van der Waals surface area contributed by atoms with E-state index in [1.165, 1.54) is 11.1 Å². The van der Waals surface area contributed by atoms with E-state index in [4.69, 9.17) is 5.73 Å². The lowest BCUT2D eigenvalue weighted by Gasteiger charge is -2.18. The molecule has 0 saturated carbocycles. The van der Waals surface area contributed by atoms with Crippen LogP contribution in [0.1, 0.15) is 45.9 Å². The predicted molar refractivity (Wildman–Crippen MR) is 129 cm³/mol. The van der Waals surface area contributed by atoms with Gasteiger partial charge in [0.15, 0.2) is 0 Å². The number of nitrogens with two attached hydrogens (primary N) is 1. The van der Waals surface area contributed by atoms with Gasteiger partial charge in [-0.1, -0.05) is 30.3 Å². The second-order valence-corrected chi connectivity index (χ2v) is 8.59. The number of primary amides is 1. The van der Waals surface area contributed by atoms with Gasteiger partial charge in [-0.3, -0.25) is 4.79 Å². The largest absolute Gasteiger partial charge is 0.366 e. The Morgan fingerprint density at radius 1 is 1.03 bits per heavy atom. The van der Waals surface area contributed by atoms with Gasteiger partial charge in [-0.05, 0) is 61.6 Å². The zero-order chi connectivity index (χ0) is 22.8. The summed E-state index contributed by atoms with van der Waals surface area (Å²) >= 11 is 0. The lowest BCUT2D eigenvalue weighted by Crippen LogP contribution is -2.24. The van der Waals surface area contributed by atoms with E-state index in [0.29, 0.717) is 23.4 Å². The van der Waals surface area contributed by atoms with Gasteiger partial charge >= 0.3 is 0 Å². The SMILES string of the molecule is Cc1ccc(C(N)=O)cc1Nc1nc(NC2CCc3ccccc32)nc(N[C@@H]2CCNC2)n1. The van der Waals surface area contributed by atoms with Crippen molar-refractivity contribution in [3.63, 3.8) is 0 Å². The van der Waals surface area contributed by atoms with Crippen LogP contribution in [0.2, 0.25) is 0 Å². The van der Waals surface area contributed by atoms with Gasteiger partial charge in [-0.25, -0.2) is 0 Å². The molecular weight excluding hydrogens is 416 g/mol. The zero-order valence-electron chi connectivity index (χ0n) is 18.6. The maximum atomic E-state index is 11.6. The Kier molecular flexibility index (Phi) is 5.78. The van der Waals surface area contributed by atoms with Gasteiger partial charge in [0.05, 0.1) is 6.04 Å². The first-order valence-corrected chi connectivity index (χ1v) is 11.3. The molecule has 1 unspecified atom stereocenters. The van der Waals surface area contributed by atoms with Gasteiger partial charge < -0.3 is 27.0 Å². The quantitative estimate of drug-likeness (QED) is 0.376. The number of amides is 1. The Bertz CT molecular complexity index is 1170. The van der Waals surface area contributed by atoms with Crippen molar-refractivity contribution in [2.75, 3.05) is 29.0 Å². The minimum absolute atomic E-state index is 0.150. The fourth-order valence-corrected chi connectivity index (χ4v) is 4.41. The molecule has 6 N–H and O–H groups in total. The van der Waals surface area contributed by atoms with Crippen LogP contribution in [-0.4, -0.2) is 40.0 Å². The molecule has 2 atom stereocenters. The Labute approximate surface area is 192 Å². The van der Waals surface area contributed by atoms with E-state index in [-0.39, 0.29) is 12.1 Å². The molecule has 9 heteroatoms. The van der Waals surface area contributed by atoms with Crippen LogP contribution in [0.5, 0.6) is 0 Å². The third-order valence-electron chi connectivity index (χ3n) is 6.23. The number of aryl methyl sites for hydroxylation is 2. The molecule has 1 aliphatic heterocycles. The molecule has 2 aromatic carbocycles. The topological polar surface area (TPSA) is 130 Å². The first-order chi connectivity index (χ1) is 16.0. The fraction of sp³-hybridized carbons (Fsp3) is 0.333. The van der Waals surface area contributed by atoms with Crippen LogP contribution in [0, 0.1) is 6.92 Å². The maximum absolute atomic E-state index is 11.6. The monoisotopic (exact) mass is 444 g/mol. The number of anilines is 4. The minimum Gasteiger partial charge on any atom is -0.366 e. The number of hydrogen-bond acceptors (Lipinski definition) is 8. The smallest absolute Gasteiger partial charge is 0.248 e. The van der Waals surface area contributed by atoms with Crippen LogP contribution in [0.15, 0.2) is 42.5 Å². The number of hydrogen-bond donors (Lipinski definition) is 5. The Morgan fingerprint density at radius 3 is 2.61 bits per heavy atom. The van der Waals surface area contributed by atoms with E-state index in [1.54, 1.807) is 12.1 Å². The van der Waals surface area contributed by atoms with Gasteiger partial charge in [0.2, 0.25) is 23.8 Å². The fourth-order valence-electron chi connectivity index (χ4n) is 4.41. The molecule has 2 aliphatic rings. The van der Waals surface area contributed by atoms with Gasteiger partial charge in [0.1, 0.15) is 0 Å². The lowest BCUT2D eigenvalue weighted by atomic mass is 10.1. The molecule has 0 radical (unpaired) electrons. The van der Waals surface area contributed by atoms with Crippen molar-refractivity contribution in [1.29, 1.82) is 0 Å². The van der Waals surface area contributed by atoms with Crippen molar-refractivity contribution in [2.45, 2.75) is 38.3 Å². The normalized spacial score (nSPS) is 19.2. The second-order valence-electron chi connectivity index (χ2n) is 8.59. The van der Waals surface area contributed by atoms with Crippen LogP contribution >= 0.6 is 0 Å². The number of nitrogens with zero attached hydrogens (tertiary/aromatic N) is 3. The molecule has 3 aromatic rings. The molecule has 0 spiro atoms. The summed E-state index contributed by atoms with van der Waals surface area (Å²) in [5.74, 6) is 0.939.